The molecular formula is C23H29NO4. The summed E-state index contributed by atoms with van der Waals surface area (Å²) in [5.41, 5.74) is 4.56. The maximum Gasteiger partial charge on any atom is 0.407 e. The number of aliphatic hydroxyl groups excluding tert-OH is 2. The van der Waals surface area contributed by atoms with E-state index in [9.17, 15) is 15.0 Å². The molecule has 2 unspecified atom stereocenters. The lowest BCUT2D eigenvalue weighted by atomic mass is 9.81. The van der Waals surface area contributed by atoms with E-state index in [1.807, 2.05) is 30.3 Å². The Morgan fingerprint density at radius 2 is 1.71 bits per heavy atom. The molecule has 0 heterocycles. The van der Waals surface area contributed by atoms with Gasteiger partial charge in [-0.3, -0.25) is 0 Å². The van der Waals surface area contributed by atoms with E-state index in [4.69, 9.17) is 4.74 Å². The Labute approximate surface area is 166 Å². The van der Waals surface area contributed by atoms with Crippen LogP contribution in [0.5, 0.6) is 0 Å². The van der Waals surface area contributed by atoms with Crippen LogP contribution in [0.15, 0.2) is 42.5 Å². The third-order valence-electron chi connectivity index (χ3n) is 5.17. The van der Waals surface area contributed by atoms with Crippen LogP contribution in [0.1, 0.15) is 57.4 Å². The summed E-state index contributed by atoms with van der Waals surface area (Å²) < 4.78 is 5.15. The monoisotopic (exact) mass is 383 g/mol. The molecule has 5 heteroatoms. The minimum absolute atomic E-state index is 0.100. The van der Waals surface area contributed by atoms with Gasteiger partial charge in [-0.15, -0.1) is 0 Å². The Kier molecular flexibility index (Phi) is 5.26. The smallest absolute Gasteiger partial charge is 0.407 e. The predicted molar refractivity (Wildman–Crippen MR) is 109 cm³/mol. The van der Waals surface area contributed by atoms with Crippen molar-refractivity contribution in [2.45, 2.75) is 57.8 Å². The fourth-order valence-electron chi connectivity index (χ4n) is 3.74. The van der Waals surface area contributed by atoms with E-state index >= 15 is 0 Å². The minimum Gasteiger partial charge on any atom is -0.444 e. The number of carbonyl (C=O) groups is 1. The number of carbonyl (C=O) groups excluding carboxylic acids is 1. The Balaban J connectivity index is 1.75. The number of benzene rings is 2. The van der Waals surface area contributed by atoms with E-state index in [0.717, 1.165) is 11.1 Å². The number of fused-ring (bicyclic) bond motifs is 3. The molecule has 1 aliphatic carbocycles. The summed E-state index contributed by atoms with van der Waals surface area (Å²) in [6.07, 6.45) is -2.87. The molecule has 0 spiro atoms. The number of aliphatic hydroxyl groups is 2. The average Bonchev–Trinajstić information content (AvgIpc) is 2.85. The van der Waals surface area contributed by atoms with Crippen LogP contribution in [-0.2, 0) is 10.2 Å². The standard InChI is InChI=1S/C23H29NO4/c1-22(2,3)28-21(27)24-13-19(25)20(26)14-10-11-16-15-8-6-7-9-17(15)23(4,5)18(16)12-14/h6-12,19-20,25-26H,13H2,1-5H3,(H,24,27). The average molecular weight is 383 g/mol. The zero-order valence-electron chi connectivity index (χ0n) is 17.1. The van der Waals surface area contributed by atoms with E-state index in [1.165, 1.54) is 11.1 Å². The predicted octanol–water partition coefficient (Wildman–Crippen LogP) is 3.91. The molecule has 1 amide bonds. The summed E-state index contributed by atoms with van der Waals surface area (Å²) in [4.78, 5) is 11.8. The van der Waals surface area contributed by atoms with Crippen LogP contribution < -0.4 is 5.32 Å². The lowest BCUT2D eigenvalue weighted by Gasteiger charge is -2.24. The first-order valence-corrected chi connectivity index (χ1v) is 9.58. The normalized spacial score (nSPS) is 16.7. The first-order valence-electron chi connectivity index (χ1n) is 9.58. The second-order valence-corrected chi connectivity index (χ2v) is 8.87. The van der Waals surface area contributed by atoms with Gasteiger partial charge in [0.25, 0.3) is 0 Å². The minimum atomic E-state index is -1.14. The van der Waals surface area contributed by atoms with Gasteiger partial charge in [-0.1, -0.05) is 56.3 Å². The van der Waals surface area contributed by atoms with Gasteiger partial charge in [0.05, 0.1) is 0 Å². The molecule has 150 valence electrons. The molecule has 5 nitrogen and oxygen atoms in total. The van der Waals surface area contributed by atoms with Crippen LogP contribution in [0.4, 0.5) is 4.79 Å². The van der Waals surface area contributed by atoms with Gasteiger partial charge in [0.15, 0.2) is 0 Å². The summed E-state index contributed by atoms with van der Waals surface area (Å²) in [6, 6.07) is 14.1. The van der Waals surface area contributed by atoms with Gasteiger partial charge in [0.2, 0.25) is 0 Å². The molecule has 0 fully saturated rings. The highest BCUT2D eigenvalue weighted by atomic mass is 16.6. The Bertz CT molecular complexity index is 882. The number of nitrogens with one attached hydrogen (secondary N) is 1. The molecular weight excluding hydrogens is 354 g/mol. The molecule has 0 radical (unpaired) electrons. The molecule has 0 aromatic heterocycles. The molecule has 0 saturated carbocycles. The van der Waals surface area contributed by atoms with Crippen molar-refractivity contribution in [2.24, 2.45) is 0 Å². The van der Waals surface area contributed by atoms with Gasteiger partial charge in [-0.2, -0.15) is 0 Å². The van der Waals surface area contributed by atoms with Gasteiger partial charge in [-0.25, -0.2) is 4.79 Å². The van der Waals surface area contributed by atoms with Crippen LogP contribution >= 0.6 is 0 Å². The number of alkyl carbamates (subject to hydrolysis) is 1. The molecule has 2 atom stereocenters. The van der Waals surface area contributed by atoms with Crippen LogP contribution in [0.25, 0.3) is 11.1 Å². The van der Waals surface area contributed by atoms with Crippen LogP contribution in [0, 0.1) is 0 Å². The Morgan fingerprint density at radius 3 is 2.39 bits per heavy atom. The highest BCUT2D eigenvalue weighted by Gasteiger charge is 2.35. The summed E-state index contributed by atoms with van der Waals surface area (Å²) in [5.74, 6) is 0. The fraction of sp³-hybridized carbons (Fsp3) is 0.435. The number of hydrogen-bond donors (Lipinski definition) is 3. The molecule has 3 rings (SSSR count). The highest BCUT2D eigenvalue weighted by Crippen LogP contribution is 2.49. The molecule has 0 bridgehead atoms. The second kappa shape index (κ2) is 7.22. The maximum absolute atomic E-state index is 11.8. The summed E-state index contributed by atoms with van der Waals surface area (Å²) in [7, 11) is 0. The van der Waals surface area contributed by atoms with E-state index in [1.54, 1.807) is 20.8 Å². The first kappa shape index (κ1) is 20.4. The van der Waals surface area contributed by atoms with Gasteiger partial charge >= 0.3 is 6.09 Å². The molecule has 2 aromatic carbocycles. The van der Waals surface area contributed by atoms with E-state index in [2.05, 4.69) is 31.3 Å². The SMILES string of the molecule is CC(C)(C)OC(=O)NCC(O)C(O)c1ccc2c(c1)C(C)(C)c1ccccc1-2. The third-order valence-corrected chi connectivity index (χ3v) is 5.17. The topological polar surface area (TPSA) is 78.8 Å². The summed E-state index contributed by atoms with van der Waals surface area (Å²) in [6.45, 7) is 9.52. The van der Waals surface area contributed by atoms with Gasteiger partial charge in [0.1, 0.15) is 17.8 Å². The van der Waals surface area contributed by atoms with Crippen LogP contribution in [0.3, 0.4) is 0 Å². The lowest BCUT2D eigenvalue weighted by molar-refractivity contribution is 0.0129. The van der Waals surface area contributed by atoms with Gasteiger partial charge in [0, 0.05) is 12.0 Å². The van der Waals surface area contributed by atoms with E-state index in [-0.39, 0.29) is 12.0 Å². The number of amides is 1. The lowest BCUT2D eigenvalue weighted by Crippen LogP contribution is -2.38. The van der Waals surface area contributed by atoms with E-state index < -0.39 is 23.9 Å². The van der Waals surface area contributed by atoms with Crippen molar-refractivity contribution in [3.63, 3.8) is 0 Å². The van der Waals surface area contributed by atoms with Crippen LogP contribution in [0.2, 0.25) is 0 Å². The molecule has 0 aliphatic heterocycles. The zero-order valence-corrected chi connectivity index (χ0v) is 17.1. The Hall–Kier alpha value is -2.37. The number of hydrogen-bond acceptors (Lipinski definition) is 4. The van der Waals surface area contributed by atoms with Gasteiger partial charge in [-0.05, 0) is 48.6 Å². The highest BCUT2D eigenvalue weighted by molar-refractivity contribution is 5.80. The number of rotatable bonds is 4. The van der Waals surface area contributed by atoms with Crippen molar-refractivity contribution in [1.82, 2.24) is 5.32 Å². The molecule has 28 heavy (non-hydrogen) atoms. The fourth-order valence-corrected chi connectivity index (χ4v) is 3.74. The quantitative estimate of drug-likeness (QED) is 0.748. The molecule has 0 saturated heterocycles. The molecule has 3 N–H and O–H groups in total. The van der Waals surface area contributed by atoms with Crippen molar-refractivity contribution in [3.05, 3.63) is 59.2 Å². The molecule has 1 aliphatic rings. The van der Waals surface area contributed by atoms with E-state index in [0.29, 0.717) is 5.56 Å². The van der Waals surface area contributed by atoms with Crippen molar-refractivity contribution in [3.8, 4) is 11.1 Å². The van der Waals surface area contributed by atoms with Crippen molar-refractivity contribution in [2.75, 3.05) is 6.54 Å². The molecule has 2 aromatic rings. The maximum atomic E-state index is 11.8. The van der Waals surface area contributed by atoms with Crippen molar-refractivity contribution >= 4 is 6.09 Å². The second-order valence-electron chi connectivity index (χ2n) is 8.87. The first-order chi connectivity index (χ1) is 13.0. The third kappa shape index (κ3) is 3.91. The largest absolute Gasteiger partial charge is 0.444 e. The van der Waals surface area contributed by atoms with Crippen molar-refractivity contribution in [1.29, 1.82) is 0 Å². The van der Waals surface area contributed by atoms with Crippen LogP contribution in [-0.4, -0.2) is 34.6 Å². The zero-order chi connectivity index (χ0) is 20.7. The van der Waals surface area contributed by atoms with Gasteiger partial charge < -0.3 is 20.3 Å². The number of ether oxygens (including phenoxy) is 1. The summed E-state index contributed by atoms with van der Waals surface area (Å²) in [5, 5.41) is 23.5. The Morgan fingerprint density at radius 1 is 1.07 bits per heavy atom. The summed E-state index contributed by atoms with van der Waals surface area (Å²) >= 11 is 0. The van der Waals surface area contributed by atoms with Crippen molar-refractivity contribution < 1.29 is 19.7 Å².